The zero-order chi connectivity index (χ0) is 58.7. The molecule has 0 aliphatic heterocycles. The van der Waals surface area contributed by atoms with Gasteiger partial charge in [-0.25, -0.2) is 0 Å². The maximum absolute atomic E-state index is 9.52. The maximum atomic E-state index is 9.52. The number of halogens is 1. The first-order chi connectivity index (χ1) is 38.6. The van der Waals surface area contributed by atoms with Crippen molar-refractivity contribution in [1.29, 1.82) is 0 Å². The van der Waals surface area contributed by atoms with E-state index in [-0.39, 0.29) is 30.2 Å². The molecule has 0 bridgehead atoms. The van der Waals surface area contributed by atoms with Crippen molar-refractivity contribution >= 4 is 22.6 Å². The number of nitrogens with two attached hydrogens (primary N) is 1. The number of hydrogen-bond donors (Lipinski definition) is 5. The number of alkyl halides is 1. The van der Waals surface area contributed by atoms with Gasteiger partial charge in [0.2, 0.25) is 0 Å². The van der Waals surface area contributed by atoms with Gasteiger partial charge in [0.25, 0.3) is 0 Å². The first kappa shape index (κ1) is 67.6. The van der Waals surface area contributed by atoms with Gasteiger partial charge in [-0.3, -0.25) is 0 Å². The number of hydrogen-bond acceptors (Lipinski definition) is 8. The Balaban J connectivity index is 0.000000267. The zero-order valence-corrected chi connectivity index (χ0v) is 51.6. The molecule has 0 amide bonds. The molecule has 0 aliphatic rings. The minimum atomic E-state index is -0.277. The van der Waals surface area contributed by atoms with E-state index in [1.54, 1.807) is 18.2 Å². The highest BCUT2D eigenvalue weighted by atomic mass is 127. The highest BCUT2D eigenvalue weighted by Gasteiger charge is 2.16. The van der Waals surface area contributed by atoms with Crippen LogP contribution < -0.4 is 25.3 Å². The summed E-state index contributed by atoms with van der Waals surface area (Å²) >= 11 is 2.41. The van der Waals surface area contributed by atoms with E-state index in [4.69, 9.17) is 19.3 Å². The fourth-order valence-corrected chi connectivity index (χ4v) is 9.10. The van der Waals surface area contributed by atoms with Crippen LogP contribution in [0.5, 0.6) is 28.7 Å². The summed E-state index contributed by atoms with van der Waals surface area (Å²) in [6.07, 6.45) is 5.96. The topological polar surface area (TPSA) is 126 Å². The Morgan fingerprint density at radius 2 is 0.775 bits per heavy atom. The molecule has 8 nitrogen and oxygen atoms in total. The number of aliphatic hydroxyl groups is 1. The van der Waals surface area contributed by atoms with Gasteiger partial charge < -0.3 is 40.6 Å². The van der Waals surface area contributed by atoms with E-state index < -0.39 is 0 Å². The lowest BCUT2D eigenvalue weighted by molar-refractivity contribution is 0.166. The summed E-state index contributed by atoms with van der Waals surface area (Å²) in [6, 6.07) is 64.4. The molecule has 0 heterocycles. The van der Waals surface area contributed by atoms with Crippen molar-refractivity contribution in [3.05, 3.63) is 255 Å². The molecule has 9 heteroatoms. The predicted molar refractivity (Wildman–Crippen MR) is 345 cm³/mol. The molecule has 0 spiro atoms. The summed E-state index contributed by atoms with van der Waals surface area (Å²) in [6.45, 7) is 19.4. The van der Waals surface area contributed by atoms with Gasteiger partial charge in [0.15, 0.2) is 0 Å². The molecular formula is C71H91IN2O6. The summed E-state index contributed by atoms with van der Waals surface area (Å²) in [5, 5.41) is 31.2. The molecule has 8 aromatic rings. The second kappa shape index (κ2) is 38.9. The van der Waals surface area contributed by atoms with Crippen molar-refractivity contribution in [2.45, 2.75) is 125 Å². The van der Waals surface area contributed by atoms with Crippen LogP contribution in [0.3, 0.4) is 0 Å². The molecule has 80 heavy (non-hydrogen) atoms. The Bertz CT molecular complexity index is 2790. The number of rotatable bonds is 19. The average molecular weight is 1200 g/mol. The van der Waals surface area contributed by atoms with Crippen LogP contribution in [0.2, 0.25) is 0 Å². The van der Waals surface area contributed by atoms with E-state index in [9.17, 15) is 10.2 Å². The van der Waals surface area contributed by atoms with Gasteiger partial charge in [0, 0.05) is 10.8 Å². The Morgan fingerprint density at radius 1 is 0.425 bits per heavy atom. The zero-order valence-electron chi connectivity index (χ0n) is 49.5. The van der Waals surface area contributed by atoms with Gasteiger partial charge in [0.1, 0.15) is 47.1 Å². The number of aromatic hydroxyl groups is 2. The van der Waals surface area contributed by atoms with Crippen molar-refractivity contribution in [2.24, 2.45) is 5.73 Å². The summed E-state index contributed by atoms with van der Waals surface area (Å²) in [7, 11) is 3.44. The molecular weight excluding hydrogens is 1100 g/mol. The maximum Gasteiger partial charge on any atom is 0.125 e. The molecule has 0 saturated carbocycles. The predicted octanol–water partition coefficient (Wildman–Crippen LogP) is 18.0. The van der Waals surface area contributed by atoms with Crippen LogP contribution in [0, 0.1) is 48.5 Å². The average Bonchev–Trinajstić information content (AvgIpc) is 3.47. The third-order valence-electron chi connectivity index (χ3n) is 12.8. The quantitative estimate of drug-likeness (QED) is 0.0400. The lowest BCUT2D eigenvalue weighted by atomic mass is 10.0. The first-order valence-corrected chi connectivity index (χ1v) is 29.5. The number of phenols is 2. The molecule has 0 radical (unpaired) electrons. The van der Waals surface area contributed by atoms with Crippen molar-refractivity contribution in [3.8, 4) is 28.7 Å². The van der Waals surface area contributed by atoms with E-state index >= 15 is 0 Å². The molecule has 428 valence electrons. The number of aliphatic hydroxyl groups excluding tert-OH is 1. The Hall–Kier alpha value is -6.63. The monoisotopic (exact) mass is 1190 g/mol. The van der Waals surface area contributed by atoms with E-state index in [0.717, 1.165) is 89.0 Å². The number of aryl methyl sites for hydroxylation is 7. The van der Waals surface area contributed by atoms with E-state index in [1.165, 1.54) is 46.0 Å². The Morgan fingerprint density at radius 3 is 1.12 bits per heavy atom. The van der Waals surface area contributed by atoms with Crippen molar-refractivity contribution in [2.75, 3.05) is 25.1 Å². The second-order valence-electron chi connectivity index (χ2n) is 19.7. The molecule has 0 unspecified atom stereocenters. The van der Waals surface area contributed by atoms with Gasteiger partial charge in [-0.1, -0.05) is 224 Å². The van der Waals surface area contributed by atoms with Crippen LogP contribution >= 0.6 is 22.6 Å². The third-order valence-corrected chi connectivity index (χ3v) is 13.4. The SMILES string of the molecule is CCC[C@@H](Oc1ccc(C)cc1C)c1ccccc1.CCC[C@H](O)c1ccccc1.CN.CNCC[C@@H](Oc1ccc(O)cc1C)c1ccccc1.Cc1ccc(O)c(C)c1.Cc1ccc(O[C@H](CCI)c2ccccc2)c(C)c1. The molecule has 0 fully saturated rings. The van der Waals surface area contributed by atoms with E-state index in [0.29, 0.717) is 5.75 Å². The number of phenolic OH excluding ortho intramolecular Hbond substituents is 2. The summed E-state index contributed by atoms with van der Waals surface area (Å²) in [5.41, 5.74) is 17.2. The molecule has 4 atom stereocenters. The summed E-state index contributed by atoms with van der Waals surface area (Å²) in [4.78, 5) is 0. The lowest BCUT2D eigenvalue weighted by Crippen LogP contribution is -2.16. The largest absolute Gasteiger partial charge is 0.508 e. The Kier molecular flexibility index (Phi) is 32.9. The third kappa shape index (κ3) is 25.2. The number of ether oxygens (including phenoxy) is 3. The van der Waals surface area contributed by atoms with Crippen LogP contribution in [0.15, 0.2) is 194 Å². The normalized spacial score (nSPS) is 11.7. The van der Waals surface area contributed by atoms with Crippen molar-refractivity contribution < 1.29 is 29.5 Å². The summed E-state index contributed by atoms with van der Waals surface area (Å²) < 4.78 is 19.7. The molecule has 0 aliphatic carbocycles. The molecule has 0 saturated heterocycles. The molecule has 8 rings (SSSR count). The van der Waals surface area contributed by atoms with E-state index in [1.807, 2.05) is 107 Å². The minimum Gasteiger partial charge on any atom is -0.508 e. The van der Waals surface area contributed by atoms with Gasteiger partial charge in [-0.2, -0.15) is 0 Å². The molecule has 8 aromatic carbocycles. The smallest absolute Gasteiger partial charge is 0.125 e. The number of nitrogens with one attached hydrogen (secondary N) is 1. The first-order valence-electron chi connectivity index (χ1n) is 28.0. The minimum absolute atomic E-state index is 0.00638. The van der Waals surface area contributed by atoms with Crippen LogP contribution in [0.4, 0.5) is 0 Å². The second-order valence-corrected chi connectivity index (χ2v) is 20.8. The van der Waals surface area contributed by atoms with Gasteiger partial charge >= 0.3 is 0 Å². The van der Waals surface area contributed by atoms with Crippen LogP contribution in [-0.2, 0) is 0 Å². The fraction of sp³-hybridized carbons (Fsp3) is 0.324. The Labute approximate surface area is 494 Å². The highest BCUT2D eigenvalue weighted by Crippen LogP contribution is 2.32. The van der Waals surface area contributed by atoms with Crippen molar-refractivity contribution in [1.82, 2.24) is 5.32 Å². The van der Waals surface area contributed by atoms with Crippen LogP contribution in [0.1, 0.15) is 138 Å². The van der Waals surface area contributed by atoms with Gasteiger partial charge in [0.05, 0.1) is 6.10 Å². The number of benzene rings is 8. The highest BCUT2D eigenvalue weighted by molar-refractivity contribution is 14.1. The summed E-state index contributed by atoms with van der Waals surface area (Å²) in [5.74, 6) is 3.44. The van der Waals surface area contributed by atoms with Gasteiger partial charge in [-0.15, -0.1) is 0 Å². The van der Waals surface area contributed by atoms with Crippen LogP contribution in [0.25, 0.3) is 0 Å². The van der Waals surface area contributed by atoms with Crippen molar-refractivity contribution in [3.63, 3.8) is 0 Å². The molecule has 6 N–H and O–H groups in total. The fourth-order valence-electron chi connectivity index (χ4n) is 8.53. The van der Waals surface area contributed by atoms with E-state index in [2.05, 4.69) is 172 Å². The van der Waals surface area contributed by atoms with Crippen LogP contribution in [-0.4, -0.2) is 40.4 Å². The molecule has 0 aromatic heterocycles. The van der Waals surface area contributed by atoms with Gasteiger partial charge in [-0.05, 0) is 169 Å². The standard InChI is InChI=1S/C18H22O.C17H19IO.C17H21NO2.C10H14O.C8H10O.CH5N/c1-4-8-18(16-9-6-5-7-10-16)19-17-12-11-14(2)13-15(17)3;1-13-8-9-16(14(2)12-13)19-17(10-11-18)15-6-4-3-5-7-15;1-13-12-15(19)8-9-16(13)20-17(10-11-18-2)14-6-4-3-5-7-14;1-2-6-10(11)9-7-4-3-5-8-9;1-6-3-4-8(9)7(2)5-6;1-2/h5-7,9-13,18H,4,8H2,1-3H3;3-9,12,17H,10-11H2,1-2H3;3-9,12,17-19H,10-11H2,1-2H3;3-5,7-8,10-11H,2,6H2,1H3;3-5,9H,1-2H3;2H2,1H3/t18-;2*17-;10-;;/m1110../s1. The lowest BCUT2D eigenvalue weighted by Gasteiger charge is -2.21.